The van der Waals surface area contributed by atoms with Crippen LogP contribution in [0.25, 0.3) is 0 Å². The molecule has 1 N–H and O–H groups in total. The van der Waals surface area contributed by atoms with Gasteiger partial charge in [-0.05, 0) is 32.6 Å². The standard InChI is InChI=1S/C19H26N6O/c1-14-7-22-17(9-21-14)19(26)23-18-13-25(12-16(18)11-24(2)3)10-15-5-4-6-20-8-15/h4-9,16,18H,10-13H2,1-3H3,(H,23,26)/t16-,18-/m1/s1. The molecular weight excluding hydrogens is 328 g/mol. The Labute approximate surface area is 154 Å². The van der Waals surface area contributed by atoms with Crippen molar-refractivity contribution in [3.05, 3.63) is 53.9 Å². The molecule has 26 heavy (non-hydrogen) atoms. The average Bonchev–Trinajstić information content (AvgIpc) is 2.96. The molecule has 1 fully saturated rings. The van der Waals surface area contributed by atoms with Crippen LogP contribution in [-0.4, -0.2) is 70.4 Å². The Bertz CT molecular complexity index is 719. The van der Waals surface area contributed by atoms with Gasteiger partial charge >= 0.3 is 0 Å². The summed E-state index contributed by atoms with van der Waals surface area (Å²) in [6, 6.07) is 4.13. The predicted molar refractivity (Wildman–Crippen MR) is 99.6 cm³/mol. The molecular formula is C19H26N6O. The van der Waals surface area contributed by atoms with Crippen LogP contribution >= 0.6 is 0 Å². The summed E-state index contributed by atoms with van der Waals surface area (Å²) in [4.78, 5) is 29.6. The molecule has 7 nitrogen and oxygen atoms in total. The van der Waals surface area contributed by atoms with Gasteiger partial charge in [-0.25, -0.2) is 4.98 Å². The van der Waals surface area contributed by atoms with Gasteiger partial charge in [-0.1, -0.05) is 6.07 Å². The number of hydrogen-bond acceptors (Lipinski definition) is 6. The van der Waals surface area contributed by atoms with E-state index in [-0.39, 0.29) is 11.9 Å². The largest absolute Gasteiger partial charge is 0.346 e. The number of carbonyl (C=O) groups is 1. The Morgan fingerprint density at radius 1 is 1.27 bits per heavy atom. The number of rotatable bonds is 6. The number of nitrogens with zero attached hydrogens (tertiary/aromatic N) is 5. The Morgan fingerprint density at radius 2 is 2.12 bits per heavy atom. The van der Waals surface area contributed by atoms with Gasteiger partial charge < -0.3 is 10.2 Å². The third-order valence-corrected chi connectivity index (χ3v) is 4.58. The van der Waals surface area contributed by atoms with Crippen LogP contribution in [0, 0.1) is 12.8 Å². The number of aryl methyl sites for hydroxylation is 1. The van der Waals surface area contributed by atoms with E-state index >= 15 is 0 Å². The fourth-order valence-electron chi connectivity index (χ4n) is 3.41. The smallest absolute Gasteiger partial charge is 0.271 e. The highest BCUT2D eigenvalue weighted by Gasteiger charge is 2.34. The molecule has 7 heteroatoms. The lowest BCUT2D eigenvalue weighted by Crippen LogP contribution is -2.43. The summed E-state index contributed by atoms with van der Waals surface area (Å²) in [5, 5.41) is 3.16. The number of pyridine rings is 1. The van der Waals surface area contributed by atoms with E-state index in [1.165, 1.54) is 11.8 Å². The summed E-state index contributed by atoms with van der Waals surface area (Å²) in [7, 11) is 4.13. The molecule has 1 saturated heterocycles. The van der Waals surface area contributed by atoms with Crippen LogP contribution in [0.4, 0.5) is 0 Å². The van der Waals surface area contributed by atoms with Gasteiger partial charge in [-0.2, -0.15) is 0 Å². The van der Waals surface area contributed by atoms with Crippen LogP contribution in [-0.2, 0) is 6.54 Å². The highest BCUT2D eigenvalue weighted by Crippen LogP contribution is 2.20. The van der Waals surface area contributed by atoms with Gasteiger partial charge in [0.05, 0.1) is 11.9 Å². The summed E-state index contributed by atoms with van der Waals surface area (Å²) in [5.74, 6) is 0.207. The number of nitrogens with one attached hydrogen (secondary N) is 1. The van der Waals surface area contributed by atoms with Crippen LogP contribution in [0.5, 0.6) is 0 Å². The van der Waals surface area contributed by atoms with E-state index in [2.05, 4.69) is 50.2 Å². The number of amides is 1. The number of carbonyl (C=O) groups excluding carboxylic acids is 1. The van der Waals surface area contributed by atoms with Gasteiger partial charge in [-0.3, -0.25) is 19.7 Å². The van der Waals surface area contributed by atoms with Crippen molar-refractivity contribution in [2.24, 2.45) is 5.92 Å². The van der Waals surface area contributed by atoms with Gasteiger partial charge in [-0.15, -0.1) is 0 Å². The normalized spacial score (nSPS) is 20.5. The van der Waals surface area contributed by atoms with Crippen LogP contribution in [0.1, 0.15) is 21.7 Å². The first-order valence-electron chi connectivity index (χ1n) is 8.87. The van der Waals surface area contributed by atoms with E-state index in [1.54, 1.807) is 12.4 Å². The quantitative estimate of drug-likeness (QED) is 0.833. The zero-order valence-electron chi connectivity index (χ0n) is 15.6. The van der Waals surface area contributed by atoms with Crippen molar-refractivity contribution in [1.82, 2.24) is 30.1 Å². The first-order valence-corrected chi connectivity index (χ1v) is 8.87. The topological polar surface area (TPSA) is 74.2 Å². The molecule has 1 amide bonds. The van der Waals surface area contributed by atoms with E-state index in [1.807, 2.05) is 19.2 Å². The molecule has 0 aliphatic carbocycles. The van der Waals surface area contributed by atoms with Crippen molar-refractivity contribution in [2.45, 2.75) is 19.5 Å². The molecule has 0 radical (unpaired) electrons. The molecule has 3 heterocycles. The van der Waals surface area contributed by atoms with Gasteiger partial charge in [0.15, 0.2) is 0 Å². The summed E-state index contributed by atoms with van der Waals surface area (Å²) < 4.78 is 0. The maximum Gasteiger partial charge on any atom is 0.271 e. The summed E-state index contributed by atoms with van der Waals surface area (Å²) in [5.41, 5.74) is 2.35. The van der Waals surface area contributed by atoms with Gasteiger partial charge in [0.1, 0.15) is 5.69 Å². The minimum Gasteiger partial charge on any atom is -0.346 e. The highest BCUT2D eigenvalue weighted by atomic mass is 16.2. The summed E-state index contributed by atoms with van der Waals surface area (Å²) >= 11 is 0. The number of aromatic nitrogens is 3. The van der Waals surface area contributed by atoms with E-state index in [4.69, 9.17) is 0 Å². The lowest BCUT2D eigenvalue weighted by molar-refractivity contribution is 0.0921. The van der Waals surface area contributed by atoms with Crippen molar-refractivity contribution in [3.63, 3.8) is 0 Å². The Balaban J connectivity index is 1.66. The molecule has 2 aromatic heterocycles. The molecule has 1 aliphatic rings. The van der Waals surface area contributed by atoms with Crippen molar-refractivity contribution < 1.29 is 4.79 Å². The lowest BCUT2D eigenvalue weighted by Gasteiger charge is -2.22. The number of likely N-dealkylation sites (tertiary alicyclic amines) is 1. The fourth-order valence-corrected chi connectivity index (χ4v) is 3.41. The van der Waals surface area contributed by atoms with Crippen molar-refractivity contribution >= 4 is 5.91 Å². The van der Waals surface area contributed by atoms with E-state index in [0.29, 0.717) is 11.6 Å². The molecule has 0 saturated carbocycles. The second kappa shape index (κ2) is 8.33. The van der Waals surface area contributed by atoms with Crippen LogP contribution in [0.15, 0.2) is 36.9 Å². The molecule has 3 rings (SSSR count). The molecule has 0 unspecified atom stereocenters. The molecule has 0 bridgehead atoms. The van der Waals surface area contributed by atoms with E-state index < -0.39 is 0 Å². The molecule has 1 aliphatic heterocycles. The van der Waals surface area contributed by atoms with Gasteiger partial charge in [0, 0.05) is 56.7 Å². The third-order valence-electron chi connectivity index (χ3n) is 4.58. The minimum absolute atomic E-state index is 0.0877. The van der Waals surface area contributed by atoms with Crippen LogP contribution in [0.2, 0.25) is 0 Å². The predicted octanol–water partition coefficient (Wildman–Crippen LogP) is 0.972. The minimum atomic E-state index is -0.158. The average molecular weight is 354 g/mol. The van der Waals surface area contributed by atoms with Crippen molar-refractivity contribution in [1.29, 1.82) is 0 Å². The zero-order valence-corrected chi connectivity index (χ0v) is 15.6. The third kappa shape index (κ3) is 4.83. The Kier molecular flexibility index (Phi) is 5.90. The van der Waals surface area contributed by atoms with Crippen molar-refractivity contribution in [2.75, 3.05) is 33.7 Å². The SMILES string of the molecule is Cc1cnc(C(=O)N[C@@H]2CN(Cc3cccnc3)C[C@H]2CN(C)C)cn1. The monoisotopic (exact) mass is 354 g/mol. The Hall–Kier alpha value is -2.38. The molecule has 0 spiro atoms. The maximum atomic E-state index is 12.6. The Morgan fingerprint density at radius 3 is 2.77 bits per heavy atom. The molecule has 138 valence electrons. The lowest BCUT2D eigenvalue weighted by atomic mass is 10.0. The van der Waals surface area contributed by atoms with E-state index in [0.717, 1.165) is 31.9 Å². The highest BCUT2D eigenvalue weighted by molar-refractivity contribution is 5.92. The fraction of sp³-hybridized carbons (Fsp3) is 0.474. The second-order valence-electron chi connectivity index (χ2n) is 7.20. The van der Waals surface area contributed by atoms with Gasteiger partial charge in [0.2, 0.25) is 0 Å². The second-order valence-corrected chi connectivity index (χ2v) is 7.20. The zero-order chi connectivity index (χ0) is 18.5. The van der Waals surface area contributed by atoms with E-state index in [9.17, 15) is 4.79 Å². The summed E-state index contributed by atoms with van der Waals surface area (Å²) in [6.07, 6.45) is 6.84. The molecule has 2 atom stereocenters. The maximum absolute atomic E-state index is 12.6. The first-order chi connectivity index (χ1) is 12.5. The van der Waals surface area contributed by atoms with Gasteiger partial charge in [0.25, 0.3) is 5.91 Å². The van der Waals surface area contributed by atoms with Crippen LogP contribution < -0.4 is 5.32 Å². The summed E-state index contributed by atoms with van der Waals surface area (Å²) in [6.45, 7) is 5.38. The van der Waals surface area contributed by atoms with Crippen LogP contribution in [0.3, 0.4) is 0 Å². The first kappa shape index (κ1) is 18.4. The molecule has 2 aromatic rings. The van der Waals surface area contributed by atoms with Crippen molar-refractivity contribution in [3.8, 4) is 0 Å². The molecule has 0 aromatic carbocycles. The number of hydrogen-bond donors (Lipinski definition) is 1.